The number of hydrogen-bond donors (Lipinski definition) is 0. The van der Waals surface area contributed by atoms with Crippen molar-refractivity contribution >= 4 is 86.6 Å². The first-order valence-electron chi connectivity index (χ1n) is 19.0. The van der Waals surface area contributed by atoms with E-state index in [2.05, 4.69) is 194 Å². The van der Waals surface area contributed by atoms with Crippen LogP contribution >= 0.6 is 0 Å². The molecule has 0 fully saturated rings. The molecule has 12 aromatic rings. The van der Waals surface area contributed by atoms with Gasteiger partial charge in [0.25, 0.3) is 0 Å². The van der Waals surface area contributed by atoms with Crippen molar-refractivity contribution in [3.63, 3.8) is 0 Å². The van der Waals surface area contributed by atoms with E-state index >= 15 is 0 Å². The topological polar surface area (TPSA) is 13.1 Å². The predicted octanol–water partition coefficient (Wildman–Crippen LogP) is 15.5. The maximum Gasteiger partial charge on any atom is 0.136 e. The molecule has 0 saturated heterocycles. The monoisotopic (exact) mass is 696 g/mol. The summed E-state index contributed by atoms with van der Waals surface area (Å²) in [5.41, 5.74) is 9.32. The van der Waals surface area contributed by atoms with E-state index in [0.29, 0.717) is 0 Å². The van der Waals surface area contributed by atoms with Gasteiger partial charge in [0.15, 0.2) is 0 Å². The molecule has 0 aliphatic carbocycles. The average Bonchev–Trinajstić information content (AvgIpc) is 3.62. The highest BCUT2D eigenvalue weighted by molar-refractivity contribution is 6.24. The number of rotatable bonds is 3. The summed E-state index contributed by atoms with van der Waals surface area (Å²) in [6.45, 7) is 0. The molecule has 0 atom stereocenters. The molecule has 0 radical (unpaired) electrons. The van der Waals surface area contributed by atoms with Gasteiger partial charge in [-0.15, -0.1) is 0 Å². The van der Waals surface area contributed by atoms with E-state index in [1.165, 1.54) is 103 Å². The van der Waals surface area contributed by atoms with Crippen LogP contribution in [0.3, 0.4) is 0 Å². The third-order valence-corrected chi connectivity index (χ3v) is 11.8. The standard InChI is InChI=1S/C54H32O/c1-3-13-42-33(10-1)12-9-19-44(42)53-47-17-7-5-15-45(47)52(46-16-6-8-18-48(46)53)40-25-24-36-28-35(20-21-37(36)29-40)38-22-23-39-31-49-51(32-41(39)30-38)55-50-27-26-34-11-2-4-14-43(34)54(49)50/h1-32H. The van der Waals surface area contributed by atoms with E-state index in [1.807, 2.05) is 0 Å². The fraction of sp³-hybridized carbons (Fsp3) is 0. The van der Waals surface area contributed by atoms with Gasteiger partial charge in [-0.3, -0.25) is 0 Å². The molecule has 12 rings (SSSR count). The fourth-order valence-corrected chi connectivity index (χ4v) is 9.22. The molecular formula is C54H32O. The molecule has 1 aromatic heterocycles. The lowest BCUT2D eigenvalue weighted by Crippen LogP contribution is -1.91. The highest BCUT2D eigenvalue weighted by atomic mass is 16.3. The van der Waals surface area contributed by atoms with E-state index in [9.17, 15) is 0 Å². The minimum absolute atomic E-state index is 0.923. The summed E-state index contributed by atoms with van der Waals surface area (Å²) in [6, 6.07) is 71.2. The molecular weight excluding hydrogens is 665 g/mol. The SMILES string of the molecule is c1ccc2c(-c3c4ccccc4c(-c4ccc5cc(-c6ccc7cc8c(cc7c6)oc6ccc7ccccc7c68)ccc5c4)c4ccccc34)cccc2c1. The molecule has 0 spiro atoms. The Kier molecular flexibility index (Phi) is 6.40. The van der Waals surface area contributed by atoms with Gasteiger partial charge in [-0.05, 0) is 134 Å². The van der Waals surface area contributed by atoms with Gasteiger partial charge in [0.1, 0.15) is 11.2 Å². The zero-order valence-electron chi connectivity index (χ0n) is 29.9. The second-order valence-corrected chi connectivity index (χ2v) is 14.8. The molecule has 0 unspecified atom stereocenters. The quantitative estimate of drug-likeness (QED) is 0.168. The summed E-state index contributed by atoms with van der Waals surface area (Å²) >= 11 is 0. The predicted molar refractivity (Wildman–Crippen MR) is 235 cm³/mol. The van der Waals surface area contributed by atoms with E-state index < -0.39 is 0 Å². The van der Waals surface area contributed by atoms with Crippen LogP contribution in [0.4, 0.5) is 0 Å². The number of furan rings is 1. The molecule has 0 aliphatic heterocycles. The first-order chi connectivity index (χ1) is 27.2. The van der Waals surface area contributed by atoms with Crippen LogP contribution in [0.1, 0.15) is 0 Å². The molecule has 0 saturated carbocycles. The maximum atomic E-state index is 6.42. The van der Waals surface area contributed by atoms with Gasteiger partial charge in [0, 0.05) is 10.8 Å². The van der Waals surface area contributed by atoms with E-state index in [-0.39, 0.29) is 0 Å². The van der Waals surface area contributed by atoms with Gasteiger partial charge in [0.2, 0.25) is 0 Å². The first-order valence-corrected chi connectivity index (χ1v) is 19.0. The molecule has 0 aliphatic rings. The van der Waals surface area contributed by atoms with Crippen LogP contribution in [0.5, 0.6) is 0 Å². The second kappa shape index (κ2) is 11.6. The van der Waals surface area contributed by atoms with Crippen LogP contribution in [0, 0.1) is 0 Å². The highest BCUT2D eigenvalue weighted by Gasteiger charge is 2.18. The van der Waals surface area contributed by atoms with Crippen molar-refractivity contribution in [3.05, 3.63) is 194 Å². The largest absolute Gasteiger partial charge is 0.456 e. The van der Waals surface area contributed by atoms with Crippen LogP contribution in [0.25, 0.3) is 120 Å². The Morgan fingerprint density at radius 3 is 1.44 bits per heavy atom. The van der Waals surface area contributed by atoms with Crippen molar-refractivity contribution in [1.82, 2.24) is 0 Å². The number of fused-ring (bicyclic) bond motifs is 10. The smallest absolute Gasteiger partial charge is 0.136 e. The molecule has 0 amide bonds. The number of benzene rings is 11. The maximum absolute atomic E-state index is 6.42. The van der Waals surface area contributed by atoms with Crippen molar-refractivity contribution in [2.24, 2.45) is 0 Å². The first kappa shape index (κ1) is 30.3. The van der Waals surface area contributed by atoms with Crippen LogP contribution < -0.4 is 0 Å². The van der Waals surface area contributed by atoms with Crippen molar-refractivity contribution < 1.29 is 4.42 Å². The van der Waals surface area contributed by atoms with Crippen molar-refractivity contribution in [3.8, 4) is 33.4 Å². The van der Waals surface area contributed by atoms with Gasteiger partial charge < -0.3 is 4.42 Å². The van der Waals surface area contributed by atoms with Gasteiger partial charge in [-0.2, -0.15) is 0 Å². The van der Waals surface area contributed by atoms with Gasteiger partial charge >= 0.3 is 0 Å². The summed E-state index contributed by atoms with van der Waals surface area (Å²) in [5.74, 6) is 0. The lowest BCUT2D eigenvalue weighted by molar-refractivity contribution is 0.670. The third kappa shape index (κ3) is 4.60. The zero-order chi connectivity index (χ0) is 36.0. The average molecular weight is 697 g/mol. The Morgan fingerprint density at radius 2 is 0.745 bits per heavy atom. The molecule has 55 heavy (non-hydrogen) atoms. The highest BCUT2D eigenvalue weighted by Crippen LogP contribution is 2.46. The molecule has 1 heterocycles. The minimum Gasteiger partial charge on any atom is -0.456 e. The molecule has 254 valence electrons. The normalized spacial score (nSPS) is 12.0. The van der Waals surface area contributed by atoms with Crippen LogP contribution in [0.15, 0.2) is 199 Å². The van der Waals surface area contributed by atoms with Crippen molar-refractivity contribution in [2.75, 3.05) is 0 Å². The van der Waals surface area contributed by atoms with Gasteiger partial charge in [-0.25, -0.2) is 0 Å². The molecule has 11 aromatic carbocycles. The van der Waals surface area contributed by atoms with E-state index in [4.69, 9.17) is 4.42 Å². The molecule has 0 N–H and O–H groups in total. The Labute approximate surface area is 317 Å². The lowest BCUT2D eigenvalue weighted by Gasteiger charge is -2.19. The number of hydrogen-bond acceptors (Lipinski definition) is 1. The zero-order valence-corrected chi connectivity index (χ0v) is 29.9. The van der Waals surface area contributed by atoms with Crippen LogP contribution in [0.2, 0.25) is 0 Å². The molecule has 1 nitrogen and oxygen atoms in total. The Morgan fingerprint density at radius 1 is 0.255 bits per heavy atom. The molecule has 1 heteroatoms. The van der Waals surface area contributed by atoms with Crippen LogP contribution in [-0.4, -0.2) is 0 Å². The molecule has 0 bridgehead atoms. The lowest BCUT2D eigenvalue weighted by atomic mass is 9.84. The van der Waals surface area contributed by atoms with E-state index in [1.54, 1.807) is 0 Å². The van der Waals surface area contributed by atoms with Gasteiger partial charge in [0.05, 0.1) is 0 Å². The van der Waals surface area contributed by atoms with Crippen LogP contribution in [-0.2, 0) is 0 Å². The summed E-state index contributed by atoms with van der Waals surface area (Å²) in [4.78, 5) is 0. The fourth-order valence-electron chi connectivity index (χ4n) is 9.22. The summed E-state index contributed by atoms with van der Waals surface area (Å²) in [6.07, 6.45) is 0. The summed E-state index contributed by atoms with van der Waals surface area (Å²) in [5, 5.41) is 17.3. The summed E-state index contributed by atoms with van der Waals surface area (Å²) in [7, 11) is 0. The van der Waals surface area contributed by atoms with E-state index in [0.717, 1.165) is 16.6 Å². The van der Waals surface area contributed by atoms with Crippen molar-refractivity contribution in [2.45, 2.75) is 0 Å². The minimum atomic E-state index is 0.923. The Balaban J connectivity index is 0.981. The second-order valence-electron chi connectivity index (χ2n) is 14.8. The Bertz CT molecular complexity index is 3490. The third-order valence-electron chi connectivity index (χ3n) is 11.8. The Hall–Kier alpha value is -7.22. The van der Waals surface area contributed by atoms with Gasteiger partial charge in [-0.1, -0.05) is 158 Å². The van der Waals surface area contributed by atoms with Crippen molar-refractivity contribution in [1.29, 1.82) is 0 Å². The summed E-state index contributed by atoms with van der Waals surface area (Å²) < 4.78 is 6.42.